The van der Waals surface area contributed by atoms with Crippen LogP contribution >= 0.6 is 11.6 Å². The van der Waals surface area contributed by atoms with Gasteiger partial charge in [-0.05, 0) is 12.5 Å². The minimum absolute atomic E-state index is 0.168. The Hall–Kier alpha value is -1.80. The molecule has 0 aromatic carbocycles. The highest BCUT2D eigenvalue weighted by atomic mass is 35.5. The smallest absolute Gasteiger partial charge is 0.222 e. The van der Waals surface area contributed by atoms with E-state index in [1.54, 1.807) is 6.07 Å². The highest BCUT2D eigenvalue weighted by Crippen LogP contribution is 2.30. The fourth-order valence-corrected chi connectivity index (χ4v) is 2.20. The van der Waals surface area contributed by atoms with Gasteiger partial charge in [0.05, 0.1) is 11.5 Å². The van der Waals surface area contributed by atoms with E-state index >= 15 is 0 Å². The molecular formula is C11H11ClN4O. The van der Waals surface area contributed by atoms with Gasteiger partial charge in [0.1, 0.15) is 16.9 Å². The Morgan fingerprint density at radius 3 is 3.06 bits per heavy atom. The first-order chi connectivity index (χ1) is 8.13. The Kier molecular flexibility index (Phi) is 3.16. The summed E-state index contributed by atoms with van der Waals surface area (Å²) in [6, 6.07) is 3.57. The van der Waals surface area contributed by atoms with Crippen molar-refractivity contribution in [3.8, 4) is 6.07 Å². The molecule has 2 heterocycles. The molecule has 1 aliphatic rings. The van der Waals surface area contributed by atoms with Crippen molar-refractivity contribution in [3.63, 3.8) is 0 Å². The van der Waals surface area contributed by atoms with Crippen molar-refractivity contribution in [2.45, 2.75) is 6.42 Å². The molecule has 0 saturated carbocycles. The summed E-state index contributed by atoms with van der Waals surface area (Å²) in [5.41, 5.74) is 5.65. The molecule has 0 radical (unpaired) electrons. The first-order valence-corrected chi connectivity index (χ1v) is 5.60. The maximum Gasteiger partial charge on any atom is 0.222 e. The van der Waals surface area contributed by atoms with Crippen molar-refractivity contribution < 1.29 is 4.79 Å². The second-order valence-electron chi connectivity index (χ2n) is 3.94. The quantitative estimate of drug-likeness (QED) is 0.846. The Bertz CT molecular complexity index is 497. The van der Waals surface area contributed by atoms with Gasteiger partial charge in [0.15, 0.2) is 0 Å². The first-order valence-electron chi connectivity index (χ1n) is 5.22. The summed E-state index contributed by atoms with van der Waals surface area (Å²) in [6.45, 7) is 1.19. The maximum absolute atomic E-state index is 11.1. The number of hydrogen-bond donors (Lipinski definition) is 1. The average Bonchev–Trinajstić information content (AvgIpc) is 2.78. The summed E-state index contributed by atoms with van der Waals surface area (Å²) in [5.74, 6) is 0.0770. The number of primary amides is 1. The molecule has 5 nitrogen and oxygen atoms in total. The summed E-state index contributed by atoms with van der Waals surface area (Å²) in [7, 11) is 0. The molecule has 1 saturated heterocycles. The predicted octanol–water partition coefficient (Wildman–Crippen LogP) is 0.918. The lowest BCUT2D eigenvalue weighted by Crippen LogP contribution is -2.27. The SMILES string of the molecule is N#Cc1ccnc(N2CCC(C(N)=O)C2)c1Cl. The topological polar surface area (TPSA) is 83.0 Å². The largest absolute Gasteiger partial charge is 0.369 e. The summed E-state index contributed by atoms with van der Waals surface area (Å²) >= 11 is 6.07. The normalized spacial score (nSPS) is 19.1. The van der Waals surface area contributed by atoms with E-state index in [9.17, 15) is 4.79 Å². The van der Waals surface area contributed by atoms with Crippen LogP contribution in [0, 0.1) is 17.2 Å². The highest BCUT2D eigenvalue weighted by molar-refractivity contribution is 6.34. The van der Waals surface area contributed by atoms with Crippen molar-refractivity contribution in [3.05, 3.63) is 22.8 Å². The van der Waals surface area contributed by atoms with Crippen LogP contribution in [0.2, 0.25) is 5.02 Å². The van der Waals surface area contributed by atoms with Crippen LogP contribution in [0.4, 0.5) is 5.82 Å². The number of halogens is 1. The summed E-state index contributed by atoms with van der Waals surface area (Å²) in [5, 5.41) is 9.20. The van der Waals surface area contributed by atoms with Crippen LogP contribution in [-0.4, -0.2) is 24.0 Å². The lowest BCUT2D eigenvalue weighted by atomic mass is 10.1. The van der Waals surface area contributed by atoms with Gasteiger partial charge in [0.25, 0.3) is 0 Å². The van der Waals surface area contributed by atoms with E-state index in [0.29, 0.717) is 35.9 Å². The van der Waals surface area contributed by atoms with Gasteiger partial charge in [-0.25, -0.2) is 4.98 Å². The molecule has 2 N–H and O–H groups in total. The van der Waals surface area contributed by atoms with Crippen LogP contribution in [0.3, 0.4) is 0 Å². The molecule has 1 aromatic rings. The van der Waals surface area contributed by atoms with Crippen molar-refractivity contribution in [2.24, 2.45) is 11.7 Å². The minimum atomic E-state index is -0.305. The molecule has 17 heavy (non-hydrogen) atoms. The van der Waals surface area contributed by atoms with Crippen LogP contribution in [0.25, 0.3) is 0 Å². The molecule has 1 fully saturated rings. The number of anilines is 1. The number of aromatic nitrogens is 1. The van der Waals surface area contributed by atoms with Crippen molar-refractivity contribution in [1.82, 2.24) is 4.98 Å². The van der Waals surface area contributed by atoms with Gasteiger partial charge in [-0.3, -0.25) is 4.79 Å². The third-order valence-corrected chi connectivity index (χ3v) is 3.25. The number of rotatable bonds is 2. The van der Waals surface area contributed by atoms with Gasteiger partial charge in [0.2, 0.25) is 5.91 Å². The number of nitrogens with two attached hydrogens (primary N) is 1. The second-order valence-corrected chi connectivity index (χ2v) is 4.32. The minimum Gasteiger partial charge on any atom is -0.369 e. The molecule has 1 unspecified atom stereocenters. The van der Waals surface area contributed by atoms with Gasteiger partial charge >= 0.3 is 0 Å². The Labute approximate surface area is 104 Å². The van der Waals surface area contributed by atoms with E-state index in [1.165, 1.54) is 6.20 Å². The summed E-state index contributed by atoms with van der Waals surface area (Å²) in [6.07, 6.45) is 2.24. The highest BCUT2D eigenvalue weighted by Gasteiger charge is 2.28. The fraction of sp³-hybridized carbons (Fsp3) is 0.364. The number of amides is 1. The van der Waals surface area contributed by atoms with Gasteiger partial charge in [-0.1, -0.05) is 11.6 Å². The Balaban J connectivity index is 2.25. The number of hydrogen-bond acceptors (Lipinski definition) is 4. The van der Waals surface area contributed by atoms with Gasteiger partial charge < -0.3 is 10.6 Å². The molecule has 0 aliphatic carbocycles. The monoisotopic (exact) mass is 250 g/mol. The lowest BCUT2D eigenvalue weighted by Gasteiger charge is -2.18. The predicted molar refractivity (Wildman–Crippen MR) is 63.5 cm³/mol. The lowest BCUT2D eigenvalue weighted by molar-refractivity contribution is -0.121. The van der Waals surface area contributed by atoms with Crippen molar-refractivity contribution in [1.29, 1.82) is 5.26 Å². The first kappa shape index (κ1) is 11.7. The maximum atomic E-state index is 11.1. The van der Waals surface area contributed by atoms with Crippen LogP contribution in [0.15, 0.2) is 12.3 Å². The zero-order chi connectivity index (χ0) is 12.4. The average molecular weight is 251 g/mol. The van der Waals surface area contributed by atoms with E-state index in [0.717, 1.165) is 0 Å². The zero-order valence-corrected chi connectivity index (χ0v) is 9.81. The van der Waals surface area contributed by atoms with Gasteiger partial charge in [-0.15, -0.1) is 0 Å². The second kappa shape index (κ2) is 4.60. The number of nitriles is 1. The molecule has 0 spiro atoms. The van der Waals surface area contributed by atoms with Crippen LogP contribution < -0.4 is 10.6 Å². The molecule has 0 bridgehead atoms. The van der Waals surface area contributed by atoms with Crippen LogP contribution in [0.5, 0.6) is 0 Å². The van der Waals surface area contributed by atoms with Crippen molar-refractivity contribution in [2.75, 3.05) is 18.0 Å². The van der Waals surface area contributed by atoms with E-state index in [-0.39, 0.29) is 11.8 Å². The van der Waals surface area contributed by atoms with E-state index in [4.69, 9.17) is 22.6 Å². The van der Waals surface area contributed by atoms with Gasteiger partial charge in [-0.2, -0.15) is 5.26 Å². The number of pyridine rings is 1. The number of carbonyl (C=O) groups excluding carboxylic acids is 1. The molecule has 1 amide bonds. The molecule has 1 aromatic heterocycles. The standard InChI is InChI=1S/C11H11ClN4O/c12-9-7(5-13)1-3-15-11(9)16-4-2-8(6-16)10(14)17/h1,3,8H,2,4,6H2,(H2,14,17). The zero-order valence-electron chi connectivity index (χ0n) is 9.06. The van der Waals surface area contributed by atoms with Crippen LogP contribution in [-0.2, 0) is 4.79 Å². The van der Waals surface area contributed by atoms with Crippen LogP contribution in [0.1, 0.15) is 12.0 Å². The Morgan fingerprint density at radius 1 is 1.71 bits per heavy atom. The molecule has 88 valence electrons. The molecular weight excluding hydrogens is 240 g/mol. The van der Waals surface area contributed by atoms with Gasteiger partial charge in [0, 0.05) is 19.3 Å². The van der Waals surface area contributed by atoms with Crippen molar-refractivity contribution >= 4 is 23.3 Å². The van der Waals surface area contributed by atoms with E-state index < -0.39 is 0 Å². The molecule has 1 atom stereocenters. The Morgan fingerprint density at radius 2 is 2.47 bits per heavy atom. The molecule has 6 heteroatoms. The van der Waals surface area contributed by atoms with E-state index in [1.807, 2.05) is 11.0 Å². The molecule has 1 aliphatic heterocycles. The number of nitrogens with zero attached hydrogens (tertiary/aromatic N) is 3. The fourth-order valence-electron chi connectivity index (χ4n) is 1.92. The number of carbonyl (C=O) groups is 1. The summed E-state index contributed by atoms with van der Waals surface area (Å²) in [4.78, 5) is 17.1. The third kappa shape index (κ3) is 2.17. The summed E-state index contributed by atoms with van der Waals surface area (Å²) < 4.78 is 0. The molecule has 2 rings (SSSR count). The van der Waals surface area contributed by atoms with E-state index in [2.05, 4.69) is 4.98 Å². The third-order valence-electron chi connectivity index (χ3n) is 2.88.